The van der Waals surface area contributed by atoms with Crippen molar-refractivity contribution >= 4 is 39.1 Å². The smallest absolute Gasteiger partial charge is 0.229 e. The predicted molar refractivity (Wildman–Crippen MR) is 98.7 cm³/mol. The highest BCUT2D eigenvalue weighted by molar-refractivity contribution is 9.10. The maximum Gasteiger partial charge on any atom is 0.229 e. The lowest BCUT2D eigenvalue weighted by atomic mass is 10.1. The minimum atomic E-state index is 0.547. The van der Waals surface area contributed by atoms with Crippen LogP contribution in [0.25, 0.3) is 0 Å². The lowest BCUT2D eigenvalue weighted by Crippen LogP contribution is -2.01. The third-order valence-electron chi connectivity index (χ3n) is 3.56. The number of nitrogens with zero attached hydrogens (tertiary/aromatic N) is 2. The molecule has 4 nitrogen and oxygen atoms in total. The first-order chi connectivity index (χ1) is 11.1. The molecule has 0 unspecified atom stereocenters. The summed E-state index contributed by atoms with van der Waals surface area (Å²) in [5, 5.41) is 6.52. The molecule has 0 aliphatic carbocycles. The topological polar surface area (TPSA) is 49.8 Å². The van der Waals surface area contributed by atoms with Gasteiger partial charge < -0.3 is 10.6 Å². The van der Waals surface area contributed by atoms with Crippen LogP contribution in [0.1, 0.15) is 11.1 Å². The van der Waals surface area contributed by atoms with Crippen LogP contribution in [0.2, 0.25) is 0 Å². The van der Waals surface area contributed by atoms with E-state index < -0.39 is 0 Å². The fraction of sp³-hybridized carbons (Fsp3) is 0.111. The zero-order chi connectivity index (χ0) is 16.2. The van der Waals surface area contributed by atoms with Gasteiger partial charge in [0.2, 0.25) is 5.95 Å². The van der Waals surface area contributed by atoms with Crippen LogP contribution in [-0.4, -0.2) is 9.97 Å². The van der Waals surface area contributed by atoms with E-state index in [2.05, 4.69) is 62.5 Å². The molecule has 2 aromatic carbocycles. The number of hydrogen-bond acceptors (Lipinski definition) is 4. The summed E-state index contributed by atoms with van der Waals surface area (Å²) >= 11 is 3.51. The van der Waals surface area contributed by atoms with Gasteiger partial charge >= 0.3 is 0 Å². The molecule has 1 heterocycles. The van der Waals surface area contributed by atoms with Crippen molar-refractivity contribution in [2.75, 3.05) is 10.6 Å². The van der Waals surface area contributed by atoms with Gasteiger partial charge in [-0.1, -0.05) is 18.2 Å². The first kappa shape index (κ1) is 15.5. The molecule has 3 aromatic rings. The Morgan fingerprint density at radius 3 is 2.52 bits per heavy atom. The summed E-state index contributed by atoms with van der Waals surface area (Å²) in [7, 11) is 0. The van der Waals surface area contributed by atoms with Gasteiger partial charge in [0.15, 0.2) is 0 Å². The molecule has 3 rings (SSSR count). The Morgan fingerprint density at radius 1 is 0.913 bits per heavy atom. The zero-order valence-electron chi connectivity index (χ0n) is 13.0. The van der Waals surface area contributed by atoms with Crippen molar-refractivity contribution in [2.45, 2.75) is 13.8 Å². The Morgan fingerprint density at radius 2 is 1.74 bits per heavy atom. The van der Waals surface area contributed by atoms with Crippen molar-refractivity contribution in [3.05, 3.63) is 70.3 Å². The second-order valence-corrected chi connectivity index (χ2v) is 6.15. The maximum absolute atomic E-state index is 4.50. The van der Waals surface area contributed by atoms with E-state index in [-0.39, 0.29) is 0 Å². The van der Waals surface area contributed by atoms with E-state index in [1.54, 1.807) is 6.20 Å². The van der Waals surface area contributed by atoms with E-state index in [0.717, 1.165) is 21.7 Å². The number of benzene rings is 2. The Labute approximate surface area is 144 Å². The summed E-state index contributed by atoms with van der Waals surface area (Å²) in [6, 6.07) is 16.0. The number of para-hydroxylation sites is 1. The maximum atomic E-state index is 4.50. The molecule has 116 valence electrons. The van der Waals surface area contributed by atoms with Crippen LogP contribution in [0.15, 0.2) is 59.2 Å². The highest BCUT2D eigenvalue weighted by Gasteiger charge is 2.04. The molecular formula is C18H17BrN4. The van der Waals surface area contributed by atoms with Gasteiger partial charge in [0.25, 0.3) is 0 Å². The zero-order valence-corrected chi connectivity index (χ0v) is 14.6. The van der Waals surface area contributed by atoms with Crippen molar-refractivity contribution in [3.8, 4) is 0 Å². The van der Waals surface area contributed by atoms with Gasteiger partial charge in [0, 0.05) is 16.4 Å². The third-order valence-corrected chi connectivity index (χ3v) is 4.25. The molecule has 5 heteroatoms. The molecule has 0 fully saturated rings. The van der Waals surface area contributed by atoms with E-state index in [0.29, 0.717) is 5.95 Å². The Kier molecular flexibility index (Phi) is 4.57. The monoisotopic (exact) mass is 368 g/mol. The van der Waals surface area contributed by atoms with Crippen LogP contribution in [0.5, 0.6) is 0 Å². The van der Waals surface area contributed by atoms with Gasteiger partial charge in [0.05, 0.1) is 5.69 Å². The van der Waals surface area contributed by atoms with E-state index in [9.17, 15) is 0 Å². The van der Waals surface area contributed by atoms with Crippen molar-refractivity contribution in [2.24, 2.45) is 0 Å². The fourth-order valence-electron chi connectivity index (χ4n) is 2.14. The number of aromatic nitrogens is 2. The van der Waals surface area contributed by atoms with Crippen molar-refractivity contribution < 1.29 is 0 Å². The minimum absolute atomic E-state index is 0.547. The largest absolute Gasteiger partial charge is 0.340 e. The third kappa shape index (κ3) is 3.87. The van der Waals surface area contributed by atoms with Crippen LogP contribution in [0.3, 0.4) is 0 Å². The van der Waals surface area contributed by atoms with Gasteiger partial charge in [-0.2, -0.15) is 4.98 Å². The van der Waals surface area contributed by atoms with Gasteiger partial charge in [-0.25, -0.2) is 4.98 Å². The van der Waals surface area contributed by atoms with Crippen LogP contribution < -0.4 is 10.6 Å². The predicted octanol–water partition coefficient (Wildman–Crippen LogP) is 5.34. The minimum Gasteiger partial charge on any atom is -0.340 e. The molecule has 1 aromatic heterocycles. The quantitative estimate of drug-likeness (QED) is 0.652. The summed E-state index contributed by atoms with van der Waals surface area (Å²) < 4.78 is 0.969. The summed E-state index contributed by atoms with van der Waals surface area (Å²) in [5.74, 6) is 1.29. The fourth-order valence-corrected chi connectivity index (χ4v) is 2.52. The molecule has 0 aliphatic heterocycles. The summed E-state index contributed by atoms with van der Waals surface area (Å²) in [5.41, 5.74) is 4.46. The van der Waals surface area contributed by atoms with Gasteiger partial charge in [-0.3, -0.25) is 0 Å². The molecule has 0 saturated heterocycles. The molecule has 0 saturated carbocycles. The molecular weight excluding hydrogens is 352 g/mol. The highest BCUT2D eigenvalue weighted by atomic mass is 79.9. The Bertz CT molecular complexity index is 833. The normalized spacial score (nSPS) is 10.4. The van der Waals surface area contributed by atoms with Gasteiger partial charge in [-0.05, 0) is 71.2 Å². The molecule has 0 atom stereocenters. The van der Waals surface area contributed by atoms with Gasteiger partial charge in [0.1, 0.15) is 5.82 Å². The van der Waals surface area contributed by atoms with E-state index >= 15 is 0 Å². The average Bonchev–Trinajstić information content (AvgIpc) is 2.54. The Balaban J connectivity index is 1.79. The number of nitrogens with one attached hydrogen (secondary N) is 2. The summed E-state index contributed by atoms with van der Waals surface area (Å²) in [4.78, 5) is 8.77. The first-order valence-electron chi connectivity index (χ1n) is 7.31. The van der Waals surface area contributed by atoms with E-state index in [1.807, 2.05) is 36.4 Å². The molecule has 0 aliphatic rings. The SMILES string of the molecule is Cc1ccc(Nc2ccnc(Nc3ccccc3Br)n2)cc1C. The van der Waals surface area contributed by atoms with E-state index in [4.69, 9.17) is 0 Å². The van der Waals surface area contributed by atoms with Crippen LogP contribution in [0, 0.1) is 13.8 Å². The number of anilines is 4. The number of hydrogen-bond donors (Lipinski definition) is 2. The first-order valence-corrected chi connectivity index (χ1v) is 8.10. The van der Waals surface area contributed by atoms with E-state index in [1.165, 1.54) is 11.1 Å². The standard InChI is InChI=1S/C18H17BrN4/c1-12-7-8-14(11-13(12)2)21-17-9-10-20-18(23-17)22-16-6-4-3-5-15(16)19/h3-11H,1-2H3,(H2,20,21,22,23). The lowest BCUT2D eigenvalue weighted by Gasteiger charge is -2.10. The number of halogens is 1. The second kappa shape index (κ2) is 6.79. The van der Waals surface area contributed by atoms with Crippen molar-refractivity contribution in [3.63, 3.8) is 0 Å². The summed E-state index contributed by atoms with van der Waals surface area (Å²) in [6.07, 6.45) is 1.73. The Hall–Kier alpha value is -2.40. The summed E-state index contributed by atoms with van der Waals surface area (Å²) in [6.45, 7) is 4.20. The van der Waals surface area contributed by atoms with Crippen LogP contribution in [-0.2, 0) is 0 Å². The average molecular weight is 369 g/mol. The molecule has 0 spiro atoms. The number of rotatable bonds is 4. The molecule has 0 radical (unpaired) electrons. The molecule has 0 bridgehead atoms. The number of aryl methyl sites for hydroxylation is 2. The lowest BCUT2D eigenvalue weighted by molar-refractivity contribution is 1.16. The molecule has 2 N–H and O–H groups in total. The van der Waals surface area contributed by atoms with Crippen LogP contribution in [0.4, 0.5) is 23.1 Å². The van der Waals surface area contributed by atoms with Crippen molar-refractivity contribution in [1.29, 1.82) is 0 Å². The highest BCUT2D eigenvalue weighted by Crippen LogP contribution is 2.24. The van der Waals surface area contributed by atoms with Crippen molar-refractivity contribution in [1.82, 2.24) is 9.97 Å². The molecule has 23 heavy (non-hydrogen) atoms. The van der Waals surface area contributed by atoms with Crippen LogP contribution >= 0.6 is 15.9 Å². The second-order valence-electron chi connectivity index (χ2n) is 5.29. The van der Waals surface area contributed by atoms with Gasteiger partial charge in [-0.15, -0.1) is 0 Å². The molecule has 0 amide bonds.